The average molecular weight is 184 g/mol. The predicted octanol–water partition coefficient (Wildman–Crippen LogP) is 0.649. The van der Waals surface area contributed by atoms with Gasteiger partial charge in [-0.2, -0.15) is 0 Å². The molecule has 0 radical (unpaired) electrons. The Morgan fingerprint density at radius 1 is 1.62 bits per heavy atom. The van der Waals surface area contributed by atoms with Crippen molar-refractivity contribution in [2.24, 2.45) is 0 Å². The van der Waals surface area contributed by atoms with Crippen LogP contribution in [-0.2, 0) is 4.79 Å². The fraction of sp³-hybridized carbons (Fsp3) is 0.900. The van der Waals surface area contributed by atoms with Crippen LogP contribution in [0.5, 0.6) is 0 Å². The molecule has 1 aliphatic carbocycles. The van der Waals surface area contributed by atoms with Gasteiger partial charge in [0.25, 0.3) is 0 Å². The van der Waals surface area contributed by atoms with E-state index in [2.05, 4.69) is 17.3 Å². The van der Waals surface area contributed by atoms with Gasteiger partial charge in [-0.3, -0.25) is 4.79 Å². The van der Waals surface area contributed by atoms with Crippen molar-refractivity contribution in [2.75, 3.05) is 27.2 Å². The molecule has 3 nitrogen and oxygen atoms in total. The van der Waals surface area contributed by atoms with Gasteiger partial charge in [0.15, 0.2) is 0 Å². The number of rotatable bonds is 4. The largest absolute Gasteiger partial charge is 0.318 e. The summed E-state index contributed by atoms with van der Waals surface area (Å²) in [6.07, 6.45) is 3.83. The SMILES string of the molecule is CNCCN(C)C1CCCC(=O)C1. The molecule has 1 saturated carbocycles. The Morgan fingerprint density at radius 2 is 2.38 bits per heavy atom. The topological polar surface area (TPSA) is 32.3 Å². The lowest BCUT2D eigenvalue weighted by atomic mass is 9.93. The molecule has 0 aromatic rings. The Bertz CT molecular complexity index is 170. The molecule has 0 spiro atoms. The van der Waals surface area contributed by atoms with Crippen LogP contribution < -0.4 is 5.32 Å². The van der Waals surface area contributed by atoms with E-state index in [0.717, 1.165) is 32.4 Å². The van der Waals surface area contributed by atoms with Crippen LogP contribution in [0.4, 0.5) is 0 Å². The second-order valence-electron chi connectivity index (χ2n) is 3.87. The molecule has 1 atom stereocenters. The first-order valence-electron chi connectivity index (χ1n) is 5.10. The zero-order valence-corrected chi connectivity index (χ0v) is 8.68. The Morgan fingerprint density at radius 3 is 3.00 bits per heavy atom. The number of carbonyl (C=O) groups excluding carboxylic acids is 1. The van der Waals surface area contributed by atoms with E-state index in [1.807, 2.05) is 7.05 Å². The van der Waals surface area contributed by atoms with Crippen molar-refractivity contribution in [1.82, 2.24) is 10.2 Å². The molecule has 0 aliphatic heterocycles. The fourth-order valence-electron chi connectivity index (χ4n) is 1.85. The number of nitrogens with zero attached hydrogens (tertiary/aromatic N) is 1. The van der Waals surface area contributed by atoms with Crippen LogP contribution in [0.1, 0.15) is 25.7 Å². The van der Waals surface area contributed by atoms with Gasteiger partial charge in [-0.1, -0.05) is 0 Å². The monoisotopic (exact) mass is 184 g/mol. The van der Waals surface area contributed by atoms with Crippen LogP contribution in [0.2, 0.25) is 0 Å². The van der Waals surface area contributed by atoms with Gasteiger partial charge < -0.3 is 10.2 Å². The van der Waals surface area contributed by atoms with Gasteiger partial charge in [0.2, 0.25) is 0 Å². The molecule has 1 unspecified atom stereocenters. The summed E-state index contributed by atoms with van der Waals surface area (Å²) in [5.74, 6) is 0.438. The highest BCUT2D eigenvalue weighted by Gasteiger charge is 2.22. The fourth-order valence-corrected chi connectivity index (χ4v) is 1.85. The highest BCUT2D eigenvalue weighted by atomic mass is 16.1. The van der Waals surface area contributed by atoms with Crippen molar-refractivity contribution in [3.63, 3.8) is 0 Å². The normalized spacial score (nSPS) is 23.9. The predicted molar refractivity (Wildman–Crippen MR) is 53.8 cm³/mol. The van der Waals surface area contributed by atoms with E-state index in [0.29, 0.717) is 11.8 Å². The number of likely N-dealkylation sites (N-methyl/N-ethyl adjacent to an activating group) is 2. The van der Waals surface area contributed by atoms with Crippen LogP contribution >= 0.6 is 0 Å². The number of nitrogens with one attached hydrogen (secondary N) is 1. The van der Waals surface area contributed by atoms with Gasteiger partial charge in [-0.25, -0.2) is 0 Å². The molecule has 0 aromatic carbocycles. The van der Waals surface area contributed by atoms with Crippen LogP contribution in [0, 0.1) is 0 Å². The summed E-state index contributed by atoms with van der Waals surface area (Å²) in [6, 6.07) is 0.495. The van der Waals surface area contributed by atoms with Gasteiger partial charge in [0.05, 0.1) is 0 Å². The molecule has 0 bridgehead atoms. The lowest BCUT2D eigenvalue weighted by Gasteiger charge is -2.30. The van der Waals surface area contributed by atoms with E-state index in [9.17, 15) is 4.79 Å². The zero-order chi connectivity index (χ0) is 9.68. The Kier molecular flexibility index (Phi) is 4.39. The average Bonchev–Trinajstić information content (AvgIpc) is 2.14. The van der Waals surface area contributed by atoms with E-state index >= 15 is 0 Å². The zero-order valence-electron chi connectivity index (χ0n) is 8.68. The van der Waals surface area contributed by atoms with Gasteiger partial charge in [-0.05, 0) is 26.9 Å². The summed E-state index contributed by atoms with van der Waals surface area (Å²) in [5, 5.41) is 3.12. The van der Waals surface area contributed by atoms with Crippen molar-refractivity contribution in [3.8, 4) is 0 Å². The van der Waals surface area contributed by atoms with Crippen molar-refractivity contribution in [3.05, 3.63) is 0 Å². The third-order valence-electron chi connectivity index (χ3n) is 2.79. The summed E-state index contributed by atoms with van der Waals surface area (Å²) < 4.78 is 0. The van der Waals surface area contributed by atoms with Crippen molar-refractivity contribution in [1.29, 1.82) is 0 Å². The van der Waals surface area contributed by atoms with Crippen LogP contribution in [0.15, 0.2) is 0 Å². The van der Waals surface area contributed by atoms with Gasteiger partial charge in [0.1, 0.15) is 5.78 Å². The highest BCUT2D eigenvalue weighted by Crippen LogP contribution is 2.18. The lowest BCUT2D eigenvalue weighted by Crippen LogP contribution is -2.39. The minimum atomic E-state index is 0.438. The second-order valence-corrected chi connectivity index (χ2v) is 3.87. The van der Waals surface area contributed by atoms with E-state index in [1.165, 1.54) is 6.42 Å². The standard InChI is InChI=1S/C10H20N2O/c1-11-6-7-12(2)9-4-3-5-10(13)8-9/h9,11H,3-8H2,1-2H3. The quantitative estimate of drug-likeness (QED) is 0.696. The minimum Gasteiger partial charge on any atom is -0.318 e. The van der Waals surface area contributed by atoms with Crippen molar-refractivity contribution < 1.29 is 4.79 Å². The number of hydrogen-bond acceptors (Lipinski definition) is 3. The third kappa shape index (κ3) is 3.44. The highest BCUT2D eigenvalue weighted by molar-refractivity contribution is 5.79. The molecular weight excluding hydrogens is 164 g/mol. The van der Waals surface area contributed by atoms with E-state index in [4.69, 9.17) is 0 Å². The van der Waals surface area contributed by atoms with Crippen molar-refractivity contribution >= 4 is 5.78 Å². The minimum absolute atomic E-state index is 0.438. The molecule has 1 aliphatic rings. The summed E-state index contributed by atoms with van der Waals surface area (Å²) in [6.45, 7) is 2.04. The van der Waals surface area contributed by atoms with E-state index in [-0.39, 0.29) is 0 Å². The molecule has 0 amide bonds. The Balaban J connectivity index is 2.28. The first kappa shape index (κ1) is 10.7. The maximum absolute atomic E-state index is 11.2. The van der Waals surface area contributed by atoms with Crippen LogP contribution in [0.3, 0.4) is 0 Å². The molecule has 76 valence electrons. The maximum Gasteiger partial charge on any atom is 0.134 e. The van der Waals surface area contributed by atoms with Crippen molar-refractivity contribution in [2.45, 2.75) is 31.7 Å². The number of carbonyl (C=O) groups is 1. The molecule has 0 heterocycles. The molecular formula is C10H20N2O. The molecule has 0 saturated heterocycles. The second kappa shape index (κ2) is 5.35. The molecule has 13 heavy (non-hydrogen) atoms. The molecule has 3 heteroatoms. The van der Waals surface area contributed by atoms with Gasteiger partial charge in [-0.15, -0.1) is 0 Å². The Hall–Kier alpha value is -0.410. The summed E-state index contributed by atoms with van der Waals surface area (Å²) in [5.41, 5.74) is 0. The number of hydrogen-bond donors (Lipinski definition) is 1. The third-order valence-corrected chi connectivity index (χ3v) is 2.79. The molecule has 0 aromatic heterocycles. The number of ketones is 1. The van der Waals surface area contributed by atoms with E-state index < -0.39 is 0 Å². The molecule has 1 rings (SSSR count). The van der Waals surface area contributed by atoms with Crippen LogP contribution in [0.25, 0.3) is 0 Å². The summed E-state index contributed by atoms with van der Waals surface area (Å²) in [7, 11) is 4.07. The summed E-state index contributed by atoms with van der Waals surface area (Å²) in [4.78, 5) is 13.5. The molecule has 1 N–H and O–H groups in total. The van der Waals surface area contributed by atoms with Gasteiger partial charge >= 0.3 is 0 Å². The first-order valence-corrected chi connectivity index (χ1v) is 5.10. The molecule has 1 fully saturated rings. The first-order chi connectivity index (χ1) is 6.24. The van der Waals surface area contributed by atoms with Gasteiger partial charge in [0, 0.05) is 32.0 Å². The maximum atomic E-state index is 11.2. The lowest BCUT2D eigenvalue weighted by molar-refractivity contribution is -0.121. The number of Topliss-reactive ketones (excluding diaryl/α,β-unsaturated/α-hetero) is 1. The van der Waals surface area contributed by atoms with E-state index in [1.54, 1.807) is 0 Å². The smallest absolute Gasteiger partial charge is 0.134 e. The Labute approximate surface area is 80.5 Å². The van der Waals surface area contributed by atoms with Crippen LogP contribution in [-0.4, -0.2) is 43.9 Å². The summed E-state index contributed by atoms with van der Waals surface area (Å²) >= 11 is 0.